The molecule has 25 heavy (non-hydrogen) atoms. The molecule has 0 radical (unpaired) electrons. The average molecular weight is 350 g/mol. The van der Waals surface area contributed by atoms with E-state index in [4.69, 9.17) is 9.15 Å². The molecule has 0 unspecified atom stereocenters. The third-order valence-electron chi connectivity index (χ3n) is 3.73. The van der Waals surface area contributed by atoms with Crippen molar-refractivity contribution in [3.8, 4) is 17.2 Å². The zero-order chi connectivity index (χ0) is 17.2. The van der Waals surface area contributed by atoms with Crippen molar-refractivity contribution in [1.29, 1.82) is 0 Å². The Kier molecular flexibility index (Phi) is 3.95. The molecule has 0 bridgehead atoms. The number of hydrogen-bond donors (Lipinski definition) is 1. The number of para-hydroxylation sites is 1. The van der Waals surface area contributed by atoms with Gasteiger partial charge in [0.2, 0.25) is 5.89 Å². The van der Waals surface area contributed by atoms with E-state index in [1.54, 1.807) is 19.2 Å². The van der Waals surface area contributed by atoms with Crippen molar-refractivity contribution in [2.75, 3.05) is 12.4 Å². The summed E-state index contributed by atoms with van der Waals surface area (Å²) in [6, 6.07) is 16.6. The van der Waals surface area contributed by atoms with E-state index in [0.717, 1.165) is 11.1 Å². The SMILES string of the molecule is COc1ccccc1-c1nc2ccc(NC(=O)c3cccs3)cc2o1. The van der Waals surface area contributed by atoms with Crippen LogP contribution in [0.15, 0.2) is 64.4 Å². The van der Waals surface area contributed by atoms with Crippen molar-refractivity contribution in [2.45, 2.75) is 0 Å². The molecule has 0 aliphatic heterocycles. The zero-order valence-corrected chi connectivity index (χ0v) is 14.2. The predicted molar refractivity (Wildman–Crippen MR) is 98.3 cm³/mol. The molecule has 2 aromatic carbocycles. The molecule has 5 nitrogen and oxygen atoms in total. The number of oxazole rings is 1. The lowest BCUT2D eigenvalue weighted by Crippen LogP contribution is -2.09. The standard InChI is InChI=1S/C19H14N2O3S/c1-23-15-6-3-2-5-13(15)19-21-14-9-8-12(11-16(14)24-19)20-18(22)17-7-4-10-25-17/h2-11H,1H3,(H,20,22). The molecule has 0 aliphatic rings. The molecule has 2 aromatic heterocycles. The van der Waals surface area contributed by atoms with Crippen LogP contribution < -0.4 is 10.1 Å². The Bertz CT molecular complexity index is 1040. The van der Waals surface area contributed by atoms with Crippen molar-refractivity contribution < 1.29 is 13.9 Å². The van der Waals surface area contributed by atoms with Gasteiger partial charge in [-0.15, -0.1) is 11.3 Å². The number of carbonyl (C=O) groups excluding carboxylic acids is 1. The quantitative estimate of drug-likeness (QED) is 0.573. The Morgan fingerprint density at radius 3 is 2.84 bits per heavy atom. The fourth-order valence-electron chi connectivity index (χ4n) is 2.54. The summed E-state index contributed by atoms with van der Waals surface area (Å²) in [6.07, 6.45) is 0. The molecule has 0 aliphatic carbocycles. The van der Waals surface area contributed by atoms with E-state index >= 15 is 0 Å². The smallest absolute Gasteiger partial charge is 0.265 e. The number of rotatable bonds is 4. The number of ether oxygens (including phenoxy) is 1. The highest BCUT2D eigenvalue weighted by molar-refractivity contribution is 7.12. The van der Waals surface area contributed by atoms with Gasteiger partial charge in [-0.3, -0.25) is 4.79 Å². The van der Waals surface area contributed by atoms with Gasteiger partial charge in [0.15, 0.2) is 5.58 Å². The van der Waals surface area contributed by atoms with Gasteiger partial charge < -0.3 is 14.5 Å². The fraction of sp³-hybridized carbons (Fsp3) is 0.0526. The summed E-state index contributed by atoms with van der Waals surface area (Å²) >= 11 is 1.40. The van der Waals surface area contributed by atoms with Gasteiger partial charge in [-0.2, -0.15) is 0 Å². The highest BCUT2D eigenvalue weighted by Crippen LogP contribution is 2.32. The summed E-state index contributed by atoms with van der Waals surface area (Å²) in [7, 11) is 1.61. The van der Waals surface area contributed by atoms with Crippen LogP contribution >= 0.6 is 11.3 Å². The van der Waals surface area contributed by atoms with Gasteiger partial charge in [0.25, 0.3) is 5.91 Å². The van der Waals surface area contributed by atoms with Gasteiger partial charge in [-0.25, -0.2) is 4.98 Å². The largest absolute Gasteiger partial charge is 0.496 e. The topological polar surface area (TPSA) is 64.4 Å². The number of thiophene rings is 1. The van der Waals surface area contributed by atoms with Crippen LogP contribution in [-0.4, -0.2) is 18.0 Å². The van der Waals surface area contributed by atoms with Crippen LogP contribution in [0.1, 0.15) is 9.67 Å². The number of hydrogen-bond acceptors (Lipinski definition) is 5. The molecule has 124 valence electrons. The van der Waals surface area contributed by atoms with Crippen LogP contribution in [0.25, 0.3) is 22.6 Å². The van der Waals surface area contributed by atoms with Gasteiger partial charge in [0.05, 0.1) is 17.6 Å². The Labute approximate surface area is 147 Å². The molecule has 0 saturated heterocycles. The summed E-state index contributed by atoms with van der Waals surface area (Å²) in [5.41, 5.74) is 2.76. The van der Waals surface area contributed by atoms with E-state index in [1.807, 2.05) is 47.8 Å². The van der Waals surface area contributed by atoms with Gasteiger partial charge in [-0.05, 0) is 35.7 Å². The predicted octanol–water partition coefficient (Wildman–Crippen LogP) is 4.82. The van der Waals surface area contributed by atoms with Crippen LogP contribution in [0, 0.1) is 0 Å². The minimum absolute atomic E-state index is 0.140. The lowest BCUT2D eigenvalue weighted by atomic mass is 10.2. The second-order valence-corrected chi connectivity index (χ2v) is 6.28. The Balaban J connectivity index is 1.67. The molecular formula is C19H14N2O3S. The summed E-state index contributed by atoms with van der Waals surface area (Å²) in [5, 5.41) is 4.74. The normalized spacial score (nSPS) is 10.8. The van der Waals surface area contributed by atoms with Crippen LogP contribution in [0.2, 0.25) is 0 Å². The van der Waals surface area contributed by atoms with E-state index < -0.39 is 0 Å². The summed E-state index contributed by atoms with van der Waals surface area (Å²) in [6.45, 7) is 0. The monoisotopic (exact) mass is 350 g/mol. The molecule has 2 heterocycles. The van der Waals surface area contributed by atoms with Crippen molar-refractivity contribution >= 4 is 34.0 Å². The van der Waals surface area contributed by atoms with Crippen molar-refractivity contribution in [3.05, 3.63) is 64.9 Å². The Morgan fingerprint density at radius 2 is 2.04 bits per heavy atom. The fourth-order valence-corrected chi connectivity index (χ4v) is 3.16. The number of nitrogens with zero attached hydrogens (tertiary/aromatic N) is 1. The Hall–Kier alpha value is -3.12. The highest BCUT2D eigenvalue weighted by atomic mass is 32.1. The first-order chi connectivity index (χ1) is 12.2. The van der Waals surface area contributed by atoms with Gasteiger partial charge in [-0.1, -0.05) is 18.2 Å². The van der Waals surface area contributed by atoms with Gasteiger partial charge in [0, 0.05) is 11.8 Å². The molecule has 0 atom stereocenters. The highest BCUT2D eigenvalue weighted by Gasteiger charge is 2.14. The number of aromatic nitrogens is 1. The van der Waals surface area contributed by atoms with E-state index in [1.165, 1.54) is 11.3 Å². The van der Waals surface area contributed by atoms with Gasteiger partial charge in [0.1, 0.15) is 11.3 Å². The van der Waals surface area contributed by atoms with E-state index in [2.05, 4.69) is 10.3 Å². The van der Waals surface area contributed by atoms with Crippen molar-refractivity contribution in [3.63, 3.8) is 0 Å². The number of anilines is 1. The maximum absolute atomic E-state index is 12.2. The van der Waals surface area contributed by atoms with E-state index in [9.17, 15) is 4.79 Å². The molecule has 4 aromatic rings. The van der Waals surface area contributed by atoms with Crippen LogP contribution in [0.3, 0.4) is 0 Å². The molecular weight excluding hydrogens is 336 g/mol. The maximum Gasteiger partial charge on any atom is 0.265 e. The molecule has 0 fully saturated rings. The molecule has 4 rings (SSSR count). The van der Waals surface area contributed by atoms with Crippen LogP contribution in [0.5, 0.6) is 5.75 Å². The second-order valence-electron chi connectivity index (χ2n) is 5.33. The number of methoxy groups -OCH3 is 1. The third kappa shape index (κ3) is 2.99. The van der Waals surface area contributed by atoms with E-state index in [-0.39, 0.29) is 5.91 Å². The average Bonchev–Trinajstić information content (AvgIpc) is 3.31. The number of nitrogens with one attached hydrogen (secondary N) is 1. The second kappa shape index (κ2) is 6.41. The summed E-state index contributed by atoms with van der Waals surface area (Å²) in [5.74, 6) is 1.04. The van der Waals surface area contributed by atoms with Crippen molar-refractivity contribution in [1.82, 2.24) is 4.98 Å². The molecule has 0 saturated carbocycles. The minimum atomic E-state index is -0.140. The van der Waals surface area contributed by atoms with Crippen molar-refractivity contribution in [2.24, 2.45) is 0 Å². The lowest BCUT2D eigenvalue weighted by molar-refractivity contribution is 0.103. The summed E-state index contributed by atoms with van der Waals surface area (Å²) < 4.78 is 11.2. The minimum Gasteiger partial charge on any atom is -0.496 e. The number of benzene rings is 2. The number of carbonyl (C=O) groups is 1. The van der Waals surface area contributed by atoms with Gasteiger partial charge >= 0.3 is 0 Å². The Morgan fingerprint density at radius 1 is 1.16 bits per heavy atom. The first-order valence-electron chi connectivity index (χ1n) is 7.63. The number of fused-ring (bicyclic) bond motifs is 1. The zero-order valence-electron chi connectivity index (χ0n) is 13.4. The lowest BCUT2D eigenvalue weighted by Gasteiger charge is -2.03. The van der Waals surface area contributed by atoms with Crippen LogP contribution in [0.4, 0.5) is 5.69 Å². The first-order valence-corrected chi connectivity index (χ1v) is 8.51. The van der Waals surface area contributed by atoms with E-state index in [0.29, 0.717) is 27.8 Å². The maximum atomic E-state index is 12.2. The molecule has 6 heteroatoms. The summed E-state index contributed by atoms with van der Waals surface area (Å²) in [4.78, 5) is 17.3. The molecule has 0 spiro atoms. The van der Waals surface area contributed by atoms with Crippen LogP contribution in [-0.2, 0) is 0 Å². The molecule has 1 N–H and O–H groups in total. The number of amides is 1. The molecule has 1 amide bonds. The third-order valence-corrected chi connectivity index (χ3v) is 4.60. The first kappa shape index (κ1) is 15.4.